The van der Waals surface area contributed by atoms with Crippen molar-refractivity contribution in [2.24, 2.45) is 0 Å². The summed E-state index contributed by atoms with van der Waals surface area (Å²) < 4.78 is 18.7. The lowest BCUT2D eigenvalue weighted by molar-refractivity contribution is 0.0936. The van der Waals surface area contributed by atoms with Gasteiger partial charge in [0, 0.05) is 5.39 Å². The van der Waals surface area contributed by atoms with Crippen LogP contribution in [0.5, 0.6) is 0 Å². The summed E-state index contributed by atoms with van der Waals surface area (Å²) in [5.41, 5.74) is 0.990. The van der Waals surface area contributed by atoms with Gasteiger partial charge in [0.25, 0.3) is 5.91 Å². The molecule has 0 spiro atoms. The maximum atomic E-state index is 13.0. The van der Waals surface area contributed by atoms with Gasteiger partial charge < -0.3 is 9.73 Å². The highest BCUT2D eigenvalue weighted by Gasteiger charge is 2.17. The molecule has 22 heavy (non-hydrogen) atoms. The number of halogens is 2. The van der Waals surface area contributed by atoms with E-state index in [9.17, 15) is 9.18 Å². The number of carbonyl (C=O) groups excluding carboxylic acids is 1. The van der Waals surface area contributed by atoms with Crippen molar-refractivity contribution in [1.82, 2.24) is 5.32 Å². The Morgan fingerprint density at radius 1 is 1.23 bits per heavy atom. The highest BCUT2D eigenvalue weighted by atomic mass is 35.5. The Morgan fingerprint density at radius 3 is 2.73 bits per heavy atom. The van der Waals surface area contributed by atoms with Crippen LogP contribution in [-0.2, 0) is 0 Å². The van der Waals surface area contributed by atoms with Gasteiger partial charge in [-0.05, 0) is 37.3 Å². The molecule has 3 rings (SSSR count). The molecule has 0 aliphatic carbocycles. The van der Waals surface area contributed by atoms with Crippen molar-refractivity contribution in [2.75, 3.05) is 0 Å². The molecule has 5 heteroatoms. The predicted octanol–water partition coefficient (Wildman–Crippen LogP) is 4.72. The molecular formula is C17H13ClFNO2. The first-order valence-electron chi connectivity index (χ1n) is 6.79. The van der Waals surface area contributed by atoms with Gasteiger partial charge >= 0.3 is 0 Å². The van der Waals surface area contributed by atoms with Gasteiger partial charge in [0.05, 0.1) is 16.6 Å². The molecule has 3 aromatic rings. The van der Waals surface area contributed by atoms with E-state index in [0.29, 0.717) is 5.76 Å². The van der Waals surface area contributed by atoms with E-state index in [2.05, 4.69) is 5.32 Å². The van der Waals surface area contributed by atoms with E-state index in [1.54, 1.807) is 0 Å². The fourth-order valence-corrected chi connectivity index (χ4v) is 2.49. The fraction of sp³-hybridized carbons (Fsp3) is 0.118. The third-order valence-corrected chi connectivity index (χ3v) is 3.71. The average molecular weight is 318 g/mol. The molecule has 0 aliphatic rings. The maximum absolute atomic E-state index is 13.0. The first-order valence-corrected chi connectivity index (χ1v) is 7.17. The standard InChI is InChI=1S/C17H13ClFNO2/c1-10(16-8-11-4-2-3-5-15(11)22-16)20-17(21)13-7-6-12(19)9-14(13)18/h2-10H,1H3,(H,20,21). The second-order valence-electron chi connectivity index (χ2n) is 5.01. The SMILES string of the molecule is CC(NC(=O)c1ccc(F)cc1Cl)c1cc2ccccc2o1. The summed E-state index contributed by atoms with van der Waals surface area (Å²) in [6.07, 6.45) is 0. The second-order valence-corrected chi connectivity index (χ2v) is 5.41. The van der Waals surface area contributed by atoms with Crippen molar-refractivity contribution >= 4 is 28.5 Å². The van der Waals surface area contributed by atoms with Gasteiger partial charge in [0.2, 0.25) is 0 Å². The molecule has 3 nitrogen and oxygen atoms in total. The van der Waals surface area contributed by atoms with Crippen LogP contribution in [0.1, 0.15) is 29.1 Å². The van der Waals surface area contributed by atoms with Crippen LogP contribution in [0.25, 0.3) is 11.0 Å². The predicted molar refractivity (Wildman–Crippen MR) is 83.5 cm³/mol. The largest absolute Gasteiger partial charge is 0.459 e. The number of rotatable bonds is 3. The number of benzene rings is 2. The first kappa shape index (κ1) is 14.6. The Hall–Kier alpha value is -2.33. The van der Waals surface area contributed by atoms with Crippen molar-refractivity contribution in [3.63, 3.8) is 0 Å². The zero-order valence-electron chi connectivity index (χ0n) is 11.8. The molecule has 1 amide bonds. The van der Waals surface area contributed by atoms with Crippen LogP contribution in [0.3, 0.4) is 0 Å². The van der Waals surface area contributed by atoms with Crippen molar-refractivity contribution in [3.8, 4) is 0 Å². The van der Waals surface area contributed by atoms with Crippen LogP contribution in [0.4, 0.5) is 4.39 Å². The lowest BCUT2D eigenvalue weighted by Crippen LogP contribution is -2.26. The van der Waals surface area contributed by atoms with E-state index in [4.69, 9.17) is 16.0 Å². The Bertz CT molecular complexity index is 811. The van der Waals surface area contributed by atoms with Gasteiger partial charge in [-0.15, -0.1) is 0 Å². The minimum absolute atomic E-state index is 0.0781. The Balaban J connectivity index is 1.81. The zero-order valence-corrected chi connectivity index (χ0v) is 12.5. The van der Waals surface area contributed by atoms with Crippen LogP contribution in [0.15, 0.2) is 52.9 Å². The molecule has 0 saturated heterocycles. The number of hydrogen-bond acceptors (Lipinski definition) is 2. The van der Waals surface area contributed by atoms with Gasteiger partial charge in [-0.25, -0.2) is 4.39 Å². The van der Waals surface area contributed by atoms with E-state index < -0.39 is 5.82 Å². The summed E-state index contributed by atoms with van der Waals surface area (Å²) in [5.74, 6) is -0.211. The van der Waals surface area contributed by atoms with E-state index in [1.165, 1.54) is 12.1 Å². The summed E-state index contributed by atoms with van der Waals surface area (Å²) in [7, 11) is 0. The molecule has 0 aliphatic heterocycles. The van der Waals surface area contributed by atoms with E-state index in [0.717, 1.165) is 17.0 Å². The number of fused-ring (bicyclic) bond motifs is 1. The van der Waals surface area contributed by atoms with Crippen LogP contribution >= 0.6 is 11.6 Å². The molecule has 0 radical (unpaired) electrons. The highest BCUT2D eigenvalue weighted by Crippen LogP contribution is 2.24. The number of carbonyl (C=O) groups is 1. The molecule has 1 unspecified atom stereocenters. The zero-order chi connectivity index (χ0) is 15.7. The van der Waals surface area contributed by atoms with Gasteiger partial charge in [-0.1, -0.05) is 29.8 Å². The molecule has 0 saturated carbocycles. The maximum Gasteiger partial charge on any atom is 0.253 e. The van der Waals surface area contributed by atoms with Crippen molar-refractivity contribution in [1.29, 1.82) is 0 Å². The Labute approximate surface area is 131 Å². The summed E-state index contributed by atoms with van der Waals surface area (Å²) in [4.78, 5) is 12.2. The van der Waals surface area contributed by atoms with E-state index >= 15 is 0 Å². The van der Waals surface area contributed by atoms with E-state index in [-0.39, 0.29) is 22.5 Å². The summed E-state index contributed by atoms with van der Waals surface area (Å²) in [5, 5.41) is 3.84. The lowest BCUT2D eigenvalue weighted by Gasteiger charge is -2.12. The minimum atomic E-state index is -0.480. The number of hydrogen-bond donors (Lipinski definition) is 1. The van der Waals surface area contributed by atoms with Crippen molar-refractivity contribution < 1.29 is 13.6 Å². The number of furan rings is 1. The lowest BCUT2D eigenvalue weighted by atomic mass is 10.1. The Kier molecular flexibility index (Phi) is 3.86. The topological polar surface area (TPSA) is 42.2 Å². The van der Waals surface area contributed by atoms with Crippen molar-refractivity contribution in [3.05, 3.63) is 70.7 Å². The number of para-hydroxylation sites is 1. The first-order chi connectivity index (χ1) is 10.5. The molecule has 2 aromatic carbocycles. The molecule has 1 atom stereocenters. The molecule has 0 fully saturated rings. The quantitative estimate of drug-likeness (QED) is 0.759. The smallest absolute Gasteiger partial charge is 0.253 e. The van der Waals surface area contributed by atoms with Crippen LogP contribution in [0.2, 0.25) is 5.02 Å². The normalized spacial score (nSPS) is 12.3. The summed E-state index contributed by atoms with van der Waals surface area (Å²) in [6, 6.07) is 12.8. The molecule has 1 N–H and O–H groups in total. The van der Waals surface area contributed by atoms with Crippen LogP contribution in [0, 0.1) is 5.82 Å². The molecule has 1 heterocycles. The Morgan fingerprint density at radius 2 is 2.00 bits per heavy atom. The number of nitrogens with one attached hydrogen (secondary N) is 1. The molecule has 112 valence electrons. The van der Waals surface area contributed by atoms with Gasteiger partial charge in [0.15, 0.2) is 0 Å². The third-order valence-electron chi connectivity index (χ3n) is 3.39. The molecule has 0 bridgehead atoms. The molecule has 1 aromatic heterocycles. The van der Waals surface area contributed by atoms with Crippen molar-refractivity contribution in [2.45, 2.75) is 13.0 Å². The third kappa shape index (κ3) is 2.83. The molecular weight excluding hydrogens is 305 g/mol. The number of amides is 1. The second kappa shape index (κ2) is 5.81. The van der Waals surface area contributed by atoms with Crippen LogP contribution < -0.4 is 5.32 Å². The monoisotopic (exact) mass is 317 g/mol. The summed E-state index contributed by atoms with van der Waals surface area (Å²) >= 11 is 5.89. The minimum Gasteiger partial charge on any atom is -0.459 e. The van der Waals surface area contributed by atoms with Gasteiger partial charge in [-0.3, -0.25) is 4.79 Å². The van der Waals surface area contributed by atoms with Gasteiger partial charge in [-0.2, -0.15) is 0 Å². The van der Waals surface area contributed by atoms with Crippen LogP contribution in [-0.4, -0.2) is 5.91 Å². The van der Waals surface area contributed by atoms with E-state index in [1.807, 2.05) is 37.3 Å². The summed E-state index contributed by atoms with van der Waals surface area (Å²) in [6.45, 7) is 1.81. The highest BCUT2D eigenvalue weighted by molar-refractivity contribution is 6.33. The fourth-order valence-electron chi connectivity index (χ4n) is 2.23. The van der Waals surface area contributed by atoms with Gasteiger partial charge in [0.1, 0.15) is 17.2 Å². The average Bonchev–Trinajstić information content (AvgIpc) is 2.91.